The summed E-state index contributed by atoms with van der Waals surface area (Å²) in [4.78, 5) is 14.2. The van der Waals surface area contributed by atoms with E-state index in [1.165, 1.54) is 11.8 Å². The Labute approximate surface area is 162 Å². The van der Waals surface area contributed by atoms with Crippen LogP contribution in [0.3, 0.4) is 0 Å². The number of amides is 1. The monoisotopic (exact) mass is 382 g/mol. The maximum absolute atomic E-state index is 12.2. The lowest BCUT2D eigenvalue weighted by molar-refractivity contribution is -0.118. The van der Waals surface area contributed by atoms with Crippen LogP contribution in [0.25, 0.3) is 5.69 Å². The third-order valence-corrected chi connectivity index (χ3v) is 4.98. The Kier molecular flexibility index (Phi) is 6.08. The first-order valence-corrected chi connectivity index (χ1v) is 9.53. The molecule has 0 bridgehead atoms. The van der Waals surface area contributed by atoms with Crippen molar-refractivity contribution in [3.8, 4) is 5.69 Å². The third-order valence-electron chi connectivity index (χ3n) is 4.06. The molecule has 0 saturated heterocycles. The molecular formula is C19H22N6OS. The summed E-state index contributed by atoms with van der Waals surface area (Å²) in [7, 11) is 4.00. The number of aromatic nitrogens is 4. The number of hydrogen-bond acceptors (Lipinski definition) is 6. The number of carbonyl (C=O) groups is 1. The highest BCUT2D eigenvalue weighted by atomic mass is 32.2. The van der Waals surface area contributed by atoms with Crippen LogP contribution in [0, 0.1) is 6.92 Å². The summed E-state index contributed by atoms with van der Waals surface area (Å²) >= 11 is 1.32. The molecule has 140 valence electrons. The quantitative estimate of drug-likeness (QED) is 0.633. The first-order valence-electron chi connectivity index (χ1n) is 8.55. The van der Waals surface area contributed by atoms with Gasteiger partial charge in [-0.3, -0.25) is 4.79 Å². The molecule has 1 amide bonds. The molecule has 0 saturated carbocycles. The highest BCUT2D eigenvalue weighted by molar-refractivity contribution is 7.99. The van der Waals surface area contributed by atoms with Gasteiger partial charge in [-0.25, -0.2) is 0 Å². The Morgan fingerprint density at radius 1 is 1.15 bits per heavy atom. The Bertz CT molecular complexity index is 907. The summed E-state index contributed by atoms with van der Waals surface area (Å²) in [6.07, 6.45) is 0. The van der Waals surface area contributed by atoms with Crippen molar-refractivity contribution < 1.29 is 4.79 Å². The molecule has 0 unspecified atom stereocenters. The second kappa shape index (κ2) is 8.68. The van der Waals surface area contributed by atoms with Crippen molar-refractivity contribution in [1.29, 1.82) is 0 Å². The number of rotatable bonds is 7. The number of hydrogen-bond donors (Lipinski definition) is 1. The van der Waals surface area contributed by atoms with Crippen LogP contribution in [0.15, 0.2) is 53.7 Å². The van der Waals surface area contributed by atoms with Crippen LogP contribution >= 0.6 is 11.8 Å². The number of nitrogens with one attached hydrogen (secondary N) is 1. The fraction of sp³-hybridized carbons (Fsp3) is 0.263. The minimum Gasteiger partial charge on any atom is -0.378 e. The Morgan fingerprint density at radius 3 is 2.59 bits per heavy atom. The minimum absolute atomic E-state index is 0.0592. The second-order valence-electron chi connectivity index (χ2n) is 6.29. The highest BCUT2D eigenvalue weighted by Crippen LogP contribution is 2.20. The molecule has 8 heteroatoms. The van der Waals surface area contributed by atoms with Gasteiger partial charge in [0.2, 0.25) is 11.1 Å². The largest absolute Gasteiger partial charge is 0.378 e. The predicted octanol–water partition coefficient (Wildman–Crippen LogP) is 2.45. The lowest BCUT2D eigenvalue weighted by Gasteiger charge is -2.13. The maximum atomic E-state index is 12.2. The molecule has 0 atom stereocenters. The van der Waals surface area contributed by atoms with Crippen molar-refractivity contribution in [3.05, 3.63) is 59.7 Å². The number of thioether (sulfide) groups is 1. The summed E-state index contributed by atoms with van der Waals surface area (Å²) in [6.45, 7) is 2.50. The molecule has 0 aliphatic heterocycles. The van der Waals surface area contributed by atoms with Crippen molar-refractivity contribution in [2.24, 2.45) is 0 Å². The smallest absolute Gasteiger partial charge is 0.230 e. The summed E-state index contributed by atoms with van der Waals surface area (Å²) in [5.41, 5.74) is 4.16. The average molecular weight is 382 g/mol. The Balaban J connectivity index is 1.54. The van der Waals surface area contributed by atoms with Gasteiger partial charge in [-0.15, -0.1) is 5.10 Å². The molecule has 3 rings (SSSR count). The van der Waals surface area contributed by atoms with Crippen LogP contribution in [-0.2, 0) is 11.3 Å². The first-order chi connectivity index (χ1) is 13.0. The summed E-state index contributed by atoms with van der Waals surface area (Å²) in [5.74, 6) is 0.193. The van der Waals surface area contributed by atoms with Crippen LogP contribution in [0.5, 0.6) is 0 Å². The molecule has 3 aromatic rings. The van der Waals surface area contributed by atoms with Crippen molar-refractivity contribution in [1.82, 2.24) is 25.5 Å². The van der Waals surface area contributed by atoms with Gasteiger partial charge in [0.05, 0.1) is 11.4 Å². The van der Waals surface area contributed by atoms with Gasteiger partial charge in [0.1, 0.15) is 0 Å². The molecule has 0 aliphatic rings. The molecule has 1 heterocycles. The standard InChI is InChI=1S/C19H22N6OS/c1-14-6-4-5-7-17(14)25-19(21-22-23-25)27-13-18(26)20-12-15-8-10-16(11-9-15)24(2)3/h4-11H,12-13H2,1-3H3,(H,20,26). The molecule has 1 aromatic heterocycles. The Hall–Kier alpha value is -2.87. The van der Waals surface area contributed by atoms with E-state index in [0.717, 1.165) is 22.5 Å². The van der Waals surface area contributed by atoms with E-state index in [4.69, 9.17) is 0 Å². The number of benzene rings is 2. The van der Waals surface area contributed by atoms with E-state index in [1.54, 1.807) is 4.68 Å². The summed E-state index contributed by atoms with van der Waals surface area (Å²) in [5, 5.41) is 15.3. The summed E-state index contributed by atoms with van der Waals surface area (Å²) < 4.78 is 1.66. The van der Waals surface area contributed by atoms with Gasteiger partial charge < -0.3 is 10.2 Å². The highest BCUT2D eigenvalue weighted by Gasteiger charge is 2.12. The van der Waals surface area contributed by atoms with E-state index < -0.39 is 0 Å². The molecule has 0 spiro atoms. The molecular weight excluding hydrogens is 360 g/mol. The van der Waals surface area contributed by atoms with Crippen LogP contribution in [0.1, 0.15) is 11.1 Å². The predicted molar refractivity (Wildman–Crippen MR) is 107 cm³/mol. The summed E-state index contributed by atoms with van der Waals surface area (Å²) in [6, 6.07) is 16.0. The van der Waals surface area contributed by atoms with Gasteiger partial charge in [0.15, 0.2) is 0 Å². The third kappa shape index (κ3) is 4.85. The van der Waals surface area contributed by atoms with Gasteiger partial charge in [-0.1, -0.05) is 42.1 Å². The van der Waals surface area contributed by atoms with Gasteiger partial charge in [0, 0.05) is 26.3 Å². The molecule has 0 radical (unpaired) electrons. The van der Waals surface area contributed by atoms with Crippen molar-refractivity contribution in [2.45, 2.75) is 18.6 Å². The SMILES string of the molecule is Cc1ccccc1-n1nnnc1SCC(=O)NCc1ccc(N(C)C)cc1. The Morgan fingerprint density at radius 2 is 1.89 bits per heavy atom. The fourth-order valence-electron chi connectivity index (χ4n) is 2.51. The van der Waals surface area contributed by atoms with Crippen LogP contribution in [-0.4, -0.2) is 46.0 Å². The average Bonchev–Trinajstić information content (AvgIpc) is 3.13. The maximum Gasteiger partial charge on any atom is 0.230 e. The molecule has 1 N–H and O–H groups in total. The first kappa shape index (κ1) is 18.9. The number of tetrazole rings is 1. The molecule has 27 heavy (non-hydrogen) atoms. The van der Waals surface area contributed by atoms with E-state index in [1.807, 2.05) is 74.4 Å². The fourth-order valence-corrected chi connectivity index (χ4v) is 3.23. The molecule has 2 aromatic carbocycles. The van der Waals surface area contributed by atoms with Crippen molar-refractivity contribution in [2.75, 3.05) is 24.7 Å². The topological polar surface area (TPSA) is 75.9 Å². The normalized spacial score (nSPS) is 10.6. The van der Waals surface area contributed by atoms with Crippen LogP contribution in [0.4, 0.5) is 5.69 Å². The van der Waals surface area contributed by atoms with Gasteiger partial charge in [0.25, 0.3) is 0 Å². The van der Waals surface area contributed by atoms with E-state index in [0.29, 0.717) is 11.7 Å². The molecule has 7 nitrogen and oxygen atoms in total. The number of anilines is 1. The van der Waals surface area contributed by atoms with Gasteiger partial charge >= 0.3 is 0 Å². The van der Waals surface area contributed by atoms with E-state index >= 15 is 0 Å². The zero-order chi connectivity index (χ0) is 19.2. The number of nitrogens with zero attached hydrogens (tertiary/aromatic N) is 5. The van der Waals surface area contributed by atoms with E-state index in [9.17, 15) is 4.79 Å². The van der Waals surface area contributed by atoms with E-state index in [-0.39, 0.29) is 11.7 Å². The number of carbonyl (C=O) groups excluding carboxylic acids is 1. The lowest BCUT2D eigenvalue weighted by Crippen LogP contribution is -2.24. The van der Waals surface area contributed by atoms with Gasteiger partial charge in [-0.2, -0.15) is 4.68 Å². The molecule has 0 aliphatic carbocycles. The number of para-hydroxylation sites is 1. The van der Waals surface area contributed by atoms with Gasteiger partial charge in [-0.05, 0) is 46.7 Å². The van der Waals surface area contributed by atoms with Crippen LogP contribution < -0.4 is 10.2 Å². The zero-order valence-electron chi connectivity index (χ0n) is 15.6. The molecule has 0 fully saturated rings. The second-order valence-corrected chi connectivity index (χ2v) is 7.23. The van der Waals surface area contributed by atoms with E-state index in [2.05, 4.69) is 20.8 Å². The zero-order valence-corrected chi connectivity index (χ0v) is 16.4. The van der Waals surface area contributed by atoms with Crippen LogP contribution in [0.2, 0.25) is 0 Å². The van der Waals surface area contributed by atoms with Crippen molar-refractivity contribution >= 4 is 23.4 Å². The minimum atomic E-state index is -0.0592. The number of aryl methyl sites for hydroxylation is 1. The lowest BCUT2D eigenvalue weighted by atomic mass is 10.2. The van der Waals surface area contributed by atoms with Crippen molar-refractivity contribution in [3.63, 3.8) is 0 Å².